The maximum absolute atomic E-state index is 11.5. The third kappa shape index (κ3) is 2.27. The van der Waals surface area contributed by atoms with E-state index in [4.69, 9.17) is 4.74 Å². The first-order valence-electron chi connectivity index (χ1n) is 4.98. The van der Waals surface area contributed by atoms with Gasteiger partial charge in [0.1, 0.15) is 5.75 Å². The van der Waals surface area contributed by atoms with Gasteiger partial charge < -0.3 is 15.4 Å². The van der Waals surface area contributed by atoms with Gasteiger partial charge in [-0.1, -0.05) is 0 Å². The molecule has 4 nitrogen and oxygen atoms in total. The molecule has 0 radical (unpaired) electrons. The Hall–Kier alpha value is -1.55. The number of methoxy groups -OCH3 is 1. The quantitative estimate of drug-likeness (QED) is 0.775. The van der Waals surface area contributed by atoms with Crippen LogP contribution in [0, 0.1) is 0 Å². The Labute approximate surface area is 88.6 Å². The first kappa shape index (κ1) is 9.98. The number of carbonyl (C=O) groups excluding carboxylic acids is 1. The van der Waals surface area contributed by atoms with Gasteiger partial charge in [-0.15, -0.1) is 0 Å². The van der Waals surface area contributed by atoms with Gasteiger partial charge in [-0.05, 0) is 37.2 Å². The Morgan fingerprint density at radius 2 is 2.13 bits per heavy atom. The summed E-state index contributed by atoms with van der Waals surface area (Å²) in [4.78, 5) is 11.5. The van der Waals surface area contributed by atoms with Crippen molar-refractivity contribution < 1.29 is 9.53 Å². The average Bonchev–Trinajstić information content (AvgIpc) is 2.16. The van der Waals surface area contributed by atoms with Crippen LogP contribution in [0.1, 0.15) is 6.42 Å². The van der Waals surface area contributed by atoms with Crippen molar-refractivity contribution >= 4 is 11.6 Å². The normalized spacial score (nSPS) is 19.1. The van der Waals surface area contributed by atoms with E-state index in [0.717, 1.165) is 24.4 Å². The molecule has 80 valence electrons. The van der Waals surface area contributed by atoms with Gasteiger partial charge in [0.2, 0.25) is 5.91 Å². The van der Waals surface area contributed by atoms with E-state index in [-0.39, 0.29) is 11.9 Å². The molecule has 1 aromatic carbocycles. The minimum Gasteiger partial charge on any atom is -0.497 e. The van der Waals surface area contributed by atoms with Crippen LogP contribution in [-0.4, -0.2) is 25.6 Å². The summed E-state index contributed by atoms with van der Waals surface area (Å²) in [6.45, 7) is 0.931. The van der Waals surface area contributed by atoms with E-state index in [1.807, 2.05) is 24.3 Å². The largest absolute Gasteiger partial charge is 0.497 e. The summed E-state index contributed by atoms with van der Waals surface area (Å²) in [6.07, 6.45) is 0.919. The van der Waals surface area contributed by atoms with Gasteiger partial charge in [0.15, 0.2) is 0 Å². The number of amides is 1. The molecule has 1 aliphatic heterocycles. The number of hydrogen-bond donors (Lipinski definition) is 2. The van der Waals surface area contributed by atoms with Gasteiger partial charge in [-0.3, -0.25) is 4.79 Å². The van der Waals surface area contributed by atoms with E-state index in [2.05, 4.69) is 10.6 Å². The van der Waals surface area contributed by atoms with Crippen LogP contribution in [0.2, 0.25) is 0 Å². The van der Waals surface area contributed by atoms with E-state index in [9.17, 15) is 4.79 Å². The summed E-state index contributed by atoms with van der Waals surface area (Å²) in [5.41, 5.74) is 0.800. The van der Waals surface area contributed by atoms with Crippen LogP contribution >= 0.6 is 0 Å². The highest BCUT2D eigenvalue weighted by atomic mass is 16.5. The predicted molar refractivity (Wildman–Crippen MR) is 58.0 cm³/mol. The monoisotopic (exact) mass is 206 g/mol. The smallest absolute Gasteiger partial charge is 0.241 e. The molecule has 1 aliphatic rings. The van der Waals surface area contributed by atoms with Crippen molar-refractivity contribution in [2.24, 2.45) is 0 Å². The fraction of sp³-hybridized carbons (Fsp3) is 0.364. The number of anilines is 1. The van der Waals surface area contributed by atoms with E-state index in [1.165, 1.54) is 0 Å². The molecule has 4 heteroatoms. The molecule has 1 heterocycles. The summed E-state index contributed by atoms with van der Waals surface area (Å²) >= 11 is 0. The zero-order valence-corrected chi connectivity index (χ0v) is 8.62. The highest BCUT2D eigenvalue weighted by Crippen LogP contribution is 2.15. The first-order valence-corrected chi connectivity index (χ1v) is 4.98. The van der Waals surface area contributed by atoms with Gasteiger partial charge >= 0.3 is 0 Å². The fourth-order valence-electron chi connectivity index (χ4n) is 1.42. The fourth-order valence-corrected chi connectivity index (χ4v) is 1.42. The minimum absolute atomic E-state index is 0.0212. The number of carbonyl (C=O) groups is 1. The number of rotatable bonds is 3. The van der Waals surface area contributed by atoms with Crippen LogP contribution in [0.3, 0.4) is 0 Å². The zero-order chi connectivity index (χ0) is 10.7. The van der Waals surface area contributed by atoms with E-state index >= 15 is 0 Å². The molecule has 2 rings (SSSR count). The lowest BCUT2D eigenvalue weighted by Gasteiger charge is -2.26. The van der Waals surface area contributed by atoms with E-state index < -0.39 is 0 Å². The Balaban J connectivity index is 1.94. The third-order valence-electron chi connectivity index (χ3n) is 2.50. The zero-order valence-electron chi connectivity index (χ0n) is 8.62. The molecule has 15 heavy (non-hydrogen) atoms. The molecule has 1 atom stereocenters. The summed E-state index contributed by atoms with van der Waals surface area (Å²) in [5.74, 6) is 0.821. The van der Waals surface area contributed by atoms with Crippen molar-refractivity contribution in [2.75, 3.05) is 19.0 Å². The summed E-state index contributed by atoms with van der Waals surface area (Å²) < 4.78 is 5.03. The van der Waals surface area contributed by atoms with Crippen LogP contribution in [0.4, 0.5) is 5.69 Å². The Bertz CT molecular complexity index is 344. The standard InChI is InChI=1S/C11H14N2O2/c1-15-9-4-2-8(3-5-9)13-11(14)10-6-7-12-10/h2-5,10,12H,6-7H2,1H3,(H,13,14)/t10-/m0/s1. The molecule has 0 spiro atoms. The van der Waals surface area contributed by atoms with Gasteiger partial charge in [-0.2, -0.15) is 0 Å². The molecule has 0 aliphatic carbocycles. The minimum atomic E-state index is -0.0212. The van der Waals surface area contributed by atoms with Crippen molar-refractivity contribution in [1.29, 1.82) is 0 Å². The molecular formula is C11H14N2O2. The van der Waals surface area contributed by atoms with Crippen molar-refractivity contribution in [3.05, 3.63) is 24.3 Å². The lowest BCUT2D eigenvalue weighted by Crippen LogP contribution is -2.50. The molecule has 2 N–H and O–H groups in total. The van der Waals surface area contributed by atoms with E-state index in [1.54, 1.807) is 7.11 Å². The maximum Gasteiger partial charge on any atom is 0.241 e. The SMILES string of the molecule is COc1ccc(NC(=O)[C@@H]2CCN2)cc1. The van der Waals surface area contributed by atoms with Crippen LogP contribution in [0.25, 0.3) is 0 Å². The highest BCUT2D eigenvalue weighted by molar-refractivity contribution is 5.95. The van der Waals surface area contributed by atoms with Crippen molar-refractivity contribution in [2.45, 2.75) is 12.5 Å². The summed E-state index contributed by atoms with van der Waals surface area (Å²) in [5, 5.41) is 5.89. The van der Waals surface area contributed by atoms with Crippen LogP contribution in [0.15, 0.2) is 24.3 Å². The van der Waals surface area contributed by atoms with Gasteiger partial charge in [0.25, 0.3) is 0 Å². The number of benzene rings is 1. The Morgan fingerprint density at radius 1 is 1.47 bits per heavy atom. The predicted octanol–water partition coefficient (Wildman–Crippen LogP) is 0.996. The molecule has 0 aromatic heterocycles. The lowest BCUT2D eigenvalue weighted by molar-refractivity contribution is -0.119. The lowest BCUT2D eigenvalue weighted by atomic mass is 10.1. The topological polar surface area (TPSA) is 50.4 Å². The number of ether oxygens (including phenoxy) is 1. The summed E-state index contributed by atoms with van der Waals surface area (Å²) in [6, 6.07) is 7.28. The number of hydrogen-bond acceptors (Lipinski definition) is 3. The molecule has 0 bridgehead atoms. The van der Waals surface area contributed by atoms with Crippen molar-refractivity contribution in [1.82, 2.24) is 5.32 Å². The van der Waals surface area contributed by atoms with Gasteiger partial charge in [-0.25, -0.2) is 0 Å². The van der Waals surface area contributed by atoms with Crippen molar-refractivity contribution in [3.8, 4) is 5.75 Å². The van der Waals surface area contributed by atoms with Crippen LogP contribution < -0.4 is 15.4 Å². The van der Waals surface area contributed by atoms with E-state index in [0.29, 0.717) is 0 Å². The maximum atomic E-state index is 11.5. The molecule has 1 saturated heterocycles. The van der Waals surface area contributed by atoms with Crippen LogP contribution in [0.5, 0.6) is 5.75 Å². The molecule has 0 unspecified atom stereocenters. The molecular weight excluding hydrogens is 192 g/mol. The Kier molecular flexibility index (Phi) is 2.87. The van der Waals surface area contributed by atoms with Gasteiger partial charge in [0.05, 0.1) is 13.2 Å². The second-order valence-electron chi connectivity index (χ2n) is 3.51. The molecule has 1 fully saturated rings. The number of nitrogens with one attached hydrogen (secondary N) is 2. The van der Waals surface area contributed by atoms with Crippen LogP contribution in [-0.2, 0) is 4.79 Å². The van der Waals surface area contributed by atoms with Crippen molar-refractivity contribution in [3.63, 3.8) is 0 Å². The first-order chi connectivity index (χ1) is 7.29. The molecule has 1 amide bonds. The third-order valence-corrected chi connectivity index (χ3v) is 2.50. The molecule has 1 aromatic rings. The van der Waals surface area contributed by atoms with Gasteiger partial charge in [0, 0.05) is 5.69 Å². The summed E-state index contributed by atoms with van der Waals surface area (Å²) in [7, 11) is 1.62. The second-order valence-corrected chi connectivity index (χ2v) is 3.51. The second kappa shape index (κ2) is 4.31. The molecule has 0 saturated carbocycles. The Morgan fingerprint density at radius 3 is 2.60 bits per heavy atom. The average molecular weight is 206 g/mol. The highest BCUT2D eigenvalue weighted by Gasteiger charge is 2.24.